The second-order valence-corrected chi connectivity index (χ2v) is 6.53. The SMILES string of the molecule is Cc1ccc([C@H](C)NC(C)C2CC3C=CC2C3)cc1. The predicted molar refractivity (Wildman–Crippen MR) is 81.0 cm³/mol. The van der Waals surface area contributed by atoms with Gasteiger partial charge in [0.25, 0.3) is 0 Å². The van der Waals surface area contributed by atoms with Crippen LogP contribution in [-0.4, -0.2) is 6.04 Å². The van der Waals surface area contributed by atoms with Gasteiger partial charge in [0.1, 0.15) is 0 Å². The molecule has 2 aliphatic rings. The molecule has 1 N–H and O–H groups in total. The van der Waals surface area contributed by atoms with Gasteiger partial charge in [-0.2, -0.15) is 0 Å². The Kier molecular flexibility index (Phi) is 3.49. The zero-order valence-corrected chi connectivity index (χ0v) is 12.3. The van der Waals surface area contributed by atoms with Crippen molar-refractivity contribution < 1.29 is 0 Å². The van der Waals surface area contributed by atoms with Crippen molar-refractivity contribution in [2.24, 2.45) is 17.8 Å². The van der Waals surface area contributed by atoms with E-state index in [9.17, 15) is 0 Å². The van der Waals surface area contributed by atoms with Crippen molar-refractivity contribution in [1.29, 1.82) is 0 Å². The van der Waals surface area contributed by atoms with E-state index in [0.717, 1.165) is 17.8 Å². The molecule has 1 aromatic carbocycles. The number of fused-ring (bicyclic) bond motifs is 2. The zero-order chi connectivity index (χ0) is 13.4. The van der Waals surface area contributed by atoms with E-state index in [1.54, 1.807) is 0 Å². The van der Waals surface area contributed by atoms with Crippen molar-refractivity contribution in [3.05, 3.63) is 47.5 Å². The Labute approximate surface area is 117 Å². The molecular formula is C18H25N. The van der Waals surface area contributed by atoms with Crippen molar-refractivity contribution in [2.45, 2.75) is 45.7 Å². The summed E-state index contributed by atoms with van der Waals surface area (Å²) in [6.45, 7) is 6.79. The Morgan fingerprint density at radius 2 is 1.79 bits per heavy atom. The van der Waals surface area contributed by atoms with E-state index in [-0.39, 0.29) is 0 Å². The predicted octanol–water partition coefficient (Wildman–Crippen LogP) is 4.25. The fraction of sp³-hybridized carbons (Fsp3) is 0.556. The third kappa shape index (κ3) is 2.62. The zero-order valence-electron chi connectivity index (χ0n) is 12.3. The minimum absolute atomic E-state index is 0.443. The van der Waals surface area contributed by atoms with E-state index in [1.807, 2.05) is 0 Å². The highest BCUT2D eigenvalue weighted by Crippen LogP contribution is 2.45. The number of aryl methyl sites for hydroxylation is 1. The molecule has 19 heavy (non-hydrogen) atoms. The molecule has 0 aromatic heterocycles. The van der Waals surface area contributed by atoms with Crippen molar-refractivity contribution in [3.8, 4) is 0 Å². The summed E-state index contributed by atoms with van der Waals surface area (Å²) in [5.41, 5.74) is 2.73. The first-order chi connectivity index (χ1) is 9.13. The van der Waals surface area contributed by atoms with Gasteiger partial charge in [0.05, 0.1) is 0 Å². The number of allylic oxidation sites excluding steroid dienone is 2. The maximum atomic E-state index is 3.81. The molecule has 1 saturated carbocycles. The number of benzene rings is 1. The molecule has 0 heterocycles. The van der Waals surface area contributed by atoms with E-state index in [4.69, 9.17) is 0 Å². The topological polar surface area (TPSA) is 12.0 Å². The third-order valence-electron chi connectivity index (χ3n) is 5.06. The highest BCUT2D eigenvalue weighted by atomic mass is 14.9. The van der Waals surface area contributed by atoms with Gasteiger partial charge in [-0.3, -0.25) is 0 Å². The van der Waals surface area contributed by atoms with Crippen LogP contribution in [-0.2, 0) is 0 Å². The van der Waals surface area contributed by atoms with Crippen molar-refractivity contribution in [1.82, 2.24) is 5.32 Å². The highest BCUT2D eigenvalue weighted by Gasteiger charge is 2.38. The smallest absolute Gasteiger partial charge is 0.0294 e. The Morgan fingerprint density at radius 3 is 2.37 bits per heavy atom. The minimum Gasteiger partial charge on any atom is -0.307 e. The Bertz CT molecular complexity index is 459. The Morgan fingerprint density at radius 1 is 1.05 bits per heavy atom. The summed E-state index contributed by atoms with van der Waals surface area (Å²) in [7, 11) is 0. The lowest BCUT2D eigenvalue weighted by Crippen LogP contribution is -2.37. The van der Waals surface area contributed by atoms with Crippen LogP contribution in [0.15, 0.2) is 36.4 Å². The summed E-state index contributed by atoms with van der Waals surface area (Å²) in [5, 5.41) is 3.81. The number of rotatable bonds is 4. The molecule has 5 atom stereocenters. The molecule has 4 unspecified atom stereocenters. The van der Waals surface area contributed by atoms with E-state index in [0.29, 0.717) is 12.1 Å². The van der Waals surface area contributed by atoms with Crippen LogP contribution in [0.25, 0.3) is 0 Å². The first-order valence-electron chi connectivity index (χ1n) is 7.64. The molecular weight excluding hydrogens is 230 g/mol. The van der Waals surface area contributed by atoms with Crippen LogP contribution in [0.5, 0.6) is 0 Å². The lowest BCUT2D eigenvalue weighted by molar-refractivity contribution is 0.307. The molecule has 1 heteroatoms. The molecule has 2 bridgehead atoms. The summed E-state index contributed by atoms with van der Waals surface area (Å²) in [4.78, 5) is 0. The highest BCUT2D eigenvalue weighted by molar-refractivity contribution is 5.24. The van der Waals surface area contributed by atoms with E-state index in [2.05, 4.69) is 62.5 Å². The molecule has 3 rings (SSSR count). The molecule has 0 amide bonds. The largest absolute Gasteiger partial charge is 0.307 e. The fourth-order valence-electron chi connectivity index (χ4n) is 3.87. The molecule has 1 nitrogen and oxygen atoms in total. The fourth-order valence-corrected chi connectivity index (χ4v) is 3.87. The maximum absolute atomic E-state index is 3.81. The molecule has 1 fully saturated rings. The van der Waals surface area contributed by atoms with Gasteiger partial charge < -0.3 is 5.32 Å². The maximum Gasteiger partial charge on any atom is 0.0294 e. The van der Waals surface area contributed by atoms with Gasteiger partial charge in [0.15, 0.2) is 0 Å². The number of hydrogen-bond acceptors (Lipinski definition) is 1. The second kappa shape index (κ2) is 5.13. The van der Waals surface area contributed by atoms with Gasteiger partial charge in [-0.25, -0.2) is 0 Å². The average Bonchev–Trinajstić information content (AvgIpc) is 3.01. The average molecular weight is 255 g/mol. The van der Waals surface area contributed by atoms with Gasteiger partial charge in [-0.05, 0) is 56.9 Å². The third-order valence-corrected chi connectivity index (χ3v) is 5.06. The van der Waals surface area contributed by atoms with E-state index in [1.165, 1.54) is 24.0 Å². The molecule has 0 saturated heterocycles. The molecule has 102 valence electrons. The summed E-state index contributed by atoms with van der Waals surface area (Å²) in [6, 6.07) is 9.97. The van der Waals surface area contributed by atoms with Crippen LogP contribution in [0.2, 0.25) is 0 Å². The monoisotopic (exact) mass is 255 g/mol. The summed E-state index contributed by atoms with van der Waals surface area (Å²) in [6.07, 6.45) is 7.66. The van der Waals surface area contributed by atoms with Crippen molar-refractivity contribution in [2.75, 3.05) is 0 Å². The Balaban J connectivity index is 1.61. The molecule has 0 spiro atoms. The molecule has 1 aromatic rings. The van der Waals surface area contributed by atoms with Crippen LogP contribution in [0.3, 0.4) is 0 Å². The van der Waals surface area contributed by atoms with Crippen molar-refractivity contribution >= 4 is 0 Å². The van der Waals surface area contributed by atoms with Crippen LogP contribution in [0, 0.1) is 24.7 Å². The number of nitrogens with one attached hydrogen (secondary N) is 1. The minimum atomic E-state index is 0.443. The van der Waals surface area contributed by atoms with Crippen LogP contribution in [0.4, 0.5) is 0 Å². The number of hydrogen-bond donors (Lipinski definition) is 1. The van der Waals surface area contributed by atoms with E-state index < -0.39 is 0 Å². The normalized spacial score (nSPS) is 31.6. The molecule has 2 aliphatic carbocycles. The lowest BCUT2D eigenvalue weighted by Gasteiger charge is -2.29. The quantitative estimate of drug-likeness (QED) is 0.793. The van der Waals surface area contributed by atoms with E-state index >= 15 is 0 Å². The van der Waals surface area contributed by atoms with Crippen molar-refractivity contribution in [3.63, 3.8) is 0 Å². The van der Waals surface area contributed by atoms with Gasteiger partial charge in [0.2, 0.25) is 0 Å². The van der Waals surface area contributed by atoms with Gasteiger partial charge in [-0.1, -0.05) is 42.0 Å². The lowest BCUT2D eigenvalue weighted by atomic mass is 9.87. The van der Waals surface area contributed by atoms with Crippen LogP contribution < -0.4 is 5.32 Å². The molecule has 0 radical (unpaired) electrons. The van der Waals surface area contributed by atoms with Crippen LogP contribution >= 0.6 is 0 Å². The van der Waals surface area contributed by atoms with Gasteiger partial charge >= 0.3 is 0 Å². The van der Waals surface area contributed by atoms with Gasteiger partial charge in [-0.15, -0.1) is 0 Å². The van der Waals surface area contributed by atoms with Gasteiger partial charge in [0, 0.05) is 12.1 Å². The second-order valence-electron chi connectivity index (χ2n) is 6.53. The first kappa shape index (κ1) is 12.9. The molecule has 0 aliphatic heterocycles. The Hall–Kier alpha value is -1.08. The van der Waals surface area contributed by atoms with Crippen LogP contribution in [0.1, 0.15) is 43.9 Å². The first-order valence-corrected chi connectivity index (χ1v) is 7.64. The summed E-state index contributed by atoms with van der Waals surface area (Å²) < 4.78 is 0. The summed E-state index contributed by atoms with van der Waals surface area (Å²) in [5.74, 6) is 2.54. The standard InChI is InChI=1S/C18H25N/c1-12-4-7-16(8-5-12)13(2)19-14(3)18-11-15-6-9-17(18)10-15/h4-9,13-15,17-19H,10-11H2,1-3H3/t13-,14?,15?,17?,18?/m0/s1. The summed E-state index contributed by atoms with van der Waals surface area (Å²) >= 11 is 0.